The van der Waals surface area contributed by atoms with E-state index in [1.165, 1.54) is 28.4 Å². The molecule has 1 aromatic rings. The second kappa shape index (κ2) is 5.74. The quantitative estimate of drug-likeness (QED) is 0.674. The SMILES string of the molecule is COc1ccc(C(=O)N2CCN(S(C)(=O)=O)[C@@H]3CS(=O)(=O)C[C@@H]32)o1. The van der Waals surface area contributed by atoms with Gasteiger partial charge in [0.2, 0.25) is 10.0 Å². The standard InChI is InChI=1S/C13H18N2O7S2/c1-21-12-4-3-11(22-12)13(16)14-5-6-15(23(2,17)18)10-8-24(19,20)7-9(10)14/h3-4,9-10H,5-8H2,1-2H3/t9-,10+/m0/s1. The van der Waals surface area contributed by atoms with Crippen molar-refractivity contribution in [1.29, 1.82) is 0 Å². The van der Waals surface area contributed by atoms with Crippen molar-refractivity contribution in [3.8, 4) is 5.95 Å². The molecule has 1 aromatic heterocycles. The van der Waals surface area contributed by atoms with Crippen molar-refractivity contribution in [1.82, 2.24) is 9.21 Å². The number of carbonyl (C=O) groups excluding carboxylic acids is 1. The second-order valence-electron chi connectivity index (χ2n) is 5.91. The number of methoxy groups -OCH3 is 1. The van der Waals surface area contributed by atoms with Gasteiger partial charge in [0.05, 0.1) is 37.0 Å². The van der Waals surface area contributed by atoms with Crippen LogP contribution in [0.3, 0.4) is 0 Å². The molecule has 0 spiro atoms. The predicted molar refractivity (Wildman–Crippen MR) is 84.1 cm³/mol. The third kappa shape index (κ3) is 3.03. The molecule has 3 heterocycles. The van der Waals surface area contributed by atoms with E-state index in [4.69, 9.17) is 9.15 Å². The van der Waals surface area contributed by atoms with Crippen LogP contribution in [0, 0.1) is 0 Å². The van der Waals surface area contributed by atoms with E-state index < -0.39 is 37.9 Å². The Morgan fingerprint density at radius 2 is 1.92 bits per heavy atom. The summed E-state index contributed by atoms with van der Waals surface area (Å²) in [4.78, 5) is 14.0. The summed E-state index contributed by atoms with van der Waals surface area (Å²) < 4.78 is 59.2. The van der Waals surface area contributed by atoms with Crippen molar-refractivity contribution < 1.29 is 30.8 Å². The fourth-order valence-electron chi connectivity index (χ4n) is 3.27. The molecular formula is C13H18N2O7S2. The van der Waals surface area contributed by atoms with Gasteiger partial charge in [-0.2, -0.15) is 4.31 Å². The molecule has 3 rings (SSSR count). The van der Waals surface area contributed by atoms with Gasteiger partial charge in [-0.05, 0) is 6.07 Å². The molecule has 2 saturated heterocycles. The number of piperazine rings is 1. The maximum Gasteiger partial charge on any atom is 0.290 e. The minimum atomic E-state index is -3.56. The Morgan fingerprint density at radius 1 is 1.25 bits per heavy atom. The van der Waals surface area contributed by atoms with Crippen LogP contribution in [-0.2, 0) is 19.9 Å². The van der Waals surface area contributed by atoms with E-state index >= 15 is 0 Å². The molecule has 0 N–H and O–H groups in total. The van der Waals surface area contributed by atoms with Gasteiger partial charge in [-0.1, -0.05) is 0 Å². The van der Waals surface area contributed by atoms with Crippen LogP contribution < -0.4 is 4.74 Å². The van der Waals surface area contributed by atoms with Crippen LogP contribution in [0.25, 0.3) is 0 Å². The van der Waals surface area contributed by atoms with E-state index in [1.807, 2.05) is 0 Å². The lowest BCUT2D eigenvalue weighted by molar-refractivity contribution is 0.0481. The number of sulfone groups is 1. The Morgan fingerprint density at radius 3 is 2.50 bits per heavy atom. The molecule has 0 aliphatic carbocycles. The lowest BCUT2D eigenvalue weighted by Crippen LogP contribution is -2.61. The number of fused-ring (bicyclic) bond motifs is 1. The Kier molecular flexibility index (Phi) is 4.12. The summed E-state index contributed by atoms with van der Waals surface area (Å²) in [6.45, 7) is 0.157. The summed E-state index contributed by atoms with van der Waals surface area (Å²) in [6.07, 6.45) is 1.05. The topological polar surface area (TPSA) is 114 Å². The molecular weight excluding hydrogens is 360 g/mol. The fraction of sp³-hybridized carbons (Fsp3) is 0.615. The van der Waals surface area contributed by atoms with Crippen LogP contribution in [0.15, 0.2) is 16.5 Å². The van der Waals surface area contributed by atoms with Gasteiger partial charge in [0, 0.05) is 19.2 Å². The number of nitrogens with zero attached hydrogens (tertiary/aromatic N) is 2. The number of rotatable bonds is 3. The Hall–Kier alpha value is -1.59. The largest absolute Gasteiger partial charge is 0.468 e. The molecule has 1 amide bonds. The average molecular weight is 378 g/mol. The smallest absolute Gasteiger partial charge is 0.290 e. The minimum absolute atomic E-state index is 0.0303. The first-order valence-electron chi connectivity index (χ1n) is 7.24. The third-order valence-corrected chi connectivity index (χ3v) is 7.31. The molecule has 2 aliphatic heterocycles. The lowest BCUT2D eigenvalue weighted by Gasteiger charge is -2.42. The molecule has 9 nitrogen and oxygen atoms in total. The van der Waals surface area contributed by atoms with E-state index in [-0.39, 0.29) is 36.3 Å². The number of furan rings is 1. The molecule has 2 fully saturated rings. The number of sulfonamides is 1. The lowest BCUT2D eigenvalue weighted by atomic mass is 10.1. The highest BCUT2D eigenvalue weighted by Crippen LogP contribution is 2.30. The summed E-state index contributed by atoms with van der Waals surface area (Å²) in [6, 6.07) is 1.45. The van der Waals surface area contributed by atoms with Crippen molar-refractivity contribution in [2.45, 2.75) is 12.1 Å². The number of carbonyl (C=O) groups is 1. The Balaban J connectivity index is 1.92. The normalized spacial score (nSPS) is 27.0. The number of ether oxygens (including phenoxy) is 1. The van der Waals surface area contributed by atoms with Gasteiger partial charge in [-0.25, -0.2) is 16.8 Å². The fourth-order valence-corrected chi connectivity index (χ4v) is 6.47. The van der Waals surface area contributed by atoms with Crippen molar-refractivity contribution in [3.05, 3.63) is 17.9 Å². The monoisotopic (exact) mass is 378 g/mol. The molecule has 0 aromatic carbocycles. The molecule has 2 aliphatic rings. The summed E-state index contributed by atoms with van der Waals surface area (Å²) >= 11 is 0. The highest BCUT2D eigenvalue weighted by molar-refractivity contribution is 7.92. The summed E-state index contributed by atoms with van der Waals surface area (Å²) in [5, 5.41) is 0. The summed E-state index contributed by atoms with van der Waals surface area (Å²) in [7, 11) is -5.58. The van der Waals surface area contributed by atoms with Crippen LogP contribution >= 0.6 is 0 Å². The Bertz CT molecular complexity index is 859. The van der Waals surface area contributed by atoms with Crippen molar-refractivity contribution in [2.75, 3.05) is 38.0 Å². The van der Waals surface area contributed by atoms with Gasteiger partial charge in [0.15, 0.2) is 15.6 Å². The van der Waals surface area contributed by atoms with Gasteiger partial charge in [0.1, 0.15) is 0 Å². The molecule has 24 heavy (non-hydrogen) atoms. The van der Waals surface area contributed by atoms with E-state index in [0.717, 1.165) is 6.26 Å². The Labute approximate surface area is 140 Å². The average Bonchev–Trinajstić information content (AvgIpc) is 3.06. The van der Waals surface area contributed by atoms with Crippen LogP contribution in [0.5, 0.6) is 5.95 Å². The van der Waals surface area contributed by atoms with E-state index in [9.17, 15) is 21.6 Å². The molecule has 0 radical (unpaired) electrons. The van der Waals surface area contributed by atoms with Crippen LogP contribution in [0.2, 0.25) is 0 Å². The van der Waals surface area contributed by atoms with Gasteiger partial charge >= 0.3 is 0 Å². The maximum absolute atomic E-state index is 12.7. The first-order valence-corrected chi connectivity index (χ1v) is 10.9. The number of hydrogen-bond donors (Lipinski definition) is 0. The summed E-state index contributed by atoms with van der Waals surface area (Å²) in [5.41, 5.74) is 0. The molecule has 134 valence electrons. The van der Waals surface area contributed by atoms with Crippen LogP contribution in [-0.4, -0.2) is 82.0 Å². The predicted octanol–water partition coefficient (Wildman–Crippen LogP) is -0.829. The molecule has 11 heteroatoms. The maximum atomic E-state index is 12.7. The molecule has 0 unspecified atom stereocenters. The van der Waals surface area contributed by atoms with Crippen LogP contribution in [0.4, 0.5) is 0 Å². The molecule has 2 atom stereocenters. The molecule has 0 saturated carbocycles. The van der Waals surface area contributed by atoms with Gasteiger partial charge < -0.3 is 14.1 Å². The van der Waals surface area contributed by atoms with E-state index in [2.05, 4.69) is 0 Å². The zero-order valence-electron chi connectivity index (χ0n) is 13.2. The highest BCUT2D eigenvalue weighted by atomic mass is 32.2. The number of hydrogen-bond acceptors (Lipinski definition) is 7. The van der Waals surface area contributed by atoms with E-state index in [1.54, 1.807) is 0 Å². The minimum Gasteiger partial charge on any atom is -0.468 e. The highest BCUT2D eigenvalue weighted by Gasteiger charge is 2.50. The van der Waals surface area contributed by atoms with Crippen LogP contribution in [0.1, 0.15) is 10.6 Å². The van der Waals surface area contributed by atoms with Gasteiger partial charge in [-0.3, -0.25) is 4.79 Å². The zero-order chi connectivity index (χ0) is 17.7. The second-order valence-corrected chi connectivity index (χ2v) is 10.00. The summed E-state index contributed by atoms with van der Waals surface area (Å²) in [5.74, 6) is -0.812. The first kappa shape index (κ1) is 17.2. The van der Waals surface area contributed by atoms with Crippen molar-refractivity contribution in [2.24, 2.45) is 0 Å². The van der Waals surface area contributed by atoms with Gasteiger partial charge in [0.25, 0.3) is 11.9 Å². The number of amides is 1. The van der Waals surface area contributed by atoms with E-state index in [0.29, 0.717) is 0 Å². The van der Waals surface area contributed by atoms with Crippen molar-refractivity contribution >= 4 is 25.8 Å². The van der Waals surface area contributed by atoms with Gasteiger partial charge in [-0.15, -0.1) is 0 Å². The molecule has 0 bridgehead atoms. The van der Waals surface area contributed by atoms with Crippen molar-refractivity contribution in [3.63, 3.8) is 0 Å². The first-order chi connectivity index (χ1) is 11.1. The third-order valence-electron chi connectivity index (χ3n) is 4.31. The zero-order valence-corrected chi connectivity index (χ0v) is 14.8.